The lowest BCUT2D eigenvalue weighted by molar-refractivity contribution is -0.141. The lowest BCUT2D eigenvalue weighted by Gasteiger charge is -2.08. The molecule has 0 bridgehead atoms. The highest BCUT2D eigenvalue weighted by molar-refractivity contribution is 6.03. The Bertz CT molecular complexity index is 936. The number of hydrogen-bond acceptors (Lipinski definition) is 3. The van der Waals surface area contributed by atoms with Crippen LogP contribution in [-0.4, -0.2) is 20.7 Å². The summed E-state index contributed by atoms with van der Waals surface area (Å²) in [6.45, 7) is 1.97. The predicted octanol–water partition coefficient (Wildman–Crippen LogP) is 4.49. The zero-order valence-corrected chi connectivity index (χ0v) is 14.5. The van der Waals surface area contributed by atoms with Gasteiger partial charge in [0.25, 0.3) is 5.91 Å². The van der Waals surface area contributed by atoms with E-state index >= 15 is 0 Å². The Morgan fingerprint density at radius 3 is 2.52 bits per heavy atom. The molecule has 0 aliphatic heterocycles. The second-order valence-electron chi connectivity index (χ2n) is 5.88. The smallest absolute Gasteiger partial charge is 0.318 e. The second-order valence-corrected chi connectivity index (χ2v) is 5.88. The molecule has 2 aromatic heterocycles. The fourth-order valence-corrected chi connectivity index (χ4v) is 2.55. The molecular weight excluding hydrogens is 357 g/mol. The van der Waals surface area contributed by atoms with E-state index in [4.69, 9.17) is 0 Å². The Balaban J connectivity index is 1.88. The van der Waals surface area contributed by atoms with Crippen molar-refractivity contribution in [2.45, 2.75) is 25.9 Å². The van der Waals surface area contributed by atoms with Gasteiger partial charge in [-0.3, -0.25) is 4.79 Å². The molecule has 1 N–H and O–H groups in total. The van der Waals surface area contributed by atoms with Gasteiger partial charge in [0.1, 0.15) is 11.4 Å². The van der Waals surface area contributed by atoms with Crippen LogP contribution in [0.3, 0.4) is 0 Å². The van der Waals surface area contributed by atoms with Gasteiger partial charge >= 0.3 is 6.18 Å². The van der Waals surface area contributed by atoms with Gasteiger partial charge in [-0.25, -0.2) is 9.67 Å². The van der Waals surface area contributed by atoms with E-state index in [1.807, 2.05) is 37.3 Å². The number of nitrogens with zero attached hydrogens (tertiary/aromatic N) is 3. The van der Waals surface area contributed by atoms with Crippen LogP contribution in [0.2, 0.25) is 0 Å². The Hall–Kier alpha value is -3.16. The largest absolute Gasteiger partial charge is 0.433 e. The average molecular weight is 374 g/mol. The minimum Gasteiger partial charge on any atom is -0.318 e. The maximum Gasteiger partial charge on any atom is 0.433 e. The highest BCUT2D eigenvalue weighted by Crippen LogP contribution is 2.27. The molecule has 0 aliphatic carbocycles. The van der Waals surface area contributed by atoms with E-state index in [-0.39, 0.29) is 5.69 Å². The molecule has 1 aromatic carbocycles. The second kappa shape index (κ2) is 7.61. The van der Waals surface area contributed by atoms with E-state index in [2.05, 4.69) is 15.4 Å². The Labute approximate surface area is 153 Å². The van der Waals surface area contributed by atoms with Gasteiger partial charge < -0.3 is 5.32 Å². The van der Waals surface area contributed by atoms with Crippen molar-refractivity contribution in [3.8, 4) is 5.69 Å². The van der Waals surface area contributed by atoms with Crippen LogP contribution >= 0.6 is 0 Å². The van der Waals surface area contributed by atoms with Crippen molar-refractivity contribution >= 4 is 11.6 Å². The van der Waals surface area contributed by atoms with Crippen LogP contribution in [-0.2, 0) is 12.6 Å². The number of carbonyl (C=O) groups is 1. The Morgan fingerprint density at radius 2 is 1.85 bits per heavy atom. The lowest BCUT2D eigenvalue weighted by Crippen LogP contribution is -2.17. The van der Waals surface area contributed by atoms with Gasteiger partial charge in [-0.2, -0.15) is 18.3 Å². The Kier molecular flexibility index (Phi) is 5.25. The van der Waals surface area contributed by atoms with Gasteiger partial charge in [0.15, 0.2) is 0 Å². The van der Waals surface area contributed by atoms with Crippen molar-refractivity contribution in [2.75, 3.05) is 5.32 Å². The van der Waals surface area contributed by atoms with Crippen LogP contribution in [0.1, 0.15) is 35.2 Å². The summed E-state index contributed by atoms with van der Waals surface area (Å²) in [5, 5.41) is 7.10. The number of alkyl halides is 3. The maximum absolute atomic E-state index is 12.8. The fraction of sp³-hybridized carbons (Fsp3) is 0.211. The van der Waals surface area contributed by atoms with E-state index in [1.165, 1.54) is 6.07 Å². The van der Waals surface area contributed by atoms with E-state index in [0.717, 1.165) is 24.2 Å². The molecule has 0 unspecified atom stereocenters. The third kappa shape index (κ3) is 4.33. The first-order chi connectivity index (χ1) is 12.9. The number of hydrogen-bond donors (Lipinski definition) is 1. The summed E-state index contributed by atoms with van der Waals surface area (Å²) < 4.78 is 40.0. The van der Waals surface area contributed by atoms with E-state index in [9.17, 15) is 18.0 Å². The molecule has 0 radical (unpaired) electrons. The molecule has 0 aliphatic rings. The van der Waals surface area contributed by atoms with Gasteiger partial charge in [0.05, 0.1) is 23.3 Å². The highest BCUT2D eigenvalue weighted by atomic mass is 19.4. The lowest BCUT2D eigenvalue weighted by atomic mass is 10.2. The summed E-state index contributed by atoms with van der Waals surface area (Å²) in [5.41, 5.74) is 0.503. The molecule has 0 saturated carbocycles. The molecule has 3 aromatic rings. The quantitative estimate of drug-likeness (QED) is 0.716. The number of halogens is 3. The predicted molar refractivity (Wildman–Crippen MR) is 94.8 cm³/mol. The number of amides is 1. The monoisotopic (exact) mass is 374 g/mol. The standard InChI is InChI=1S/C19H17F3N4O/c1-2-7-14-16(12-26(25-14)13-8-4-3-5-9-13)24-18(27)15-10-6-11-17(23-15)19(20,21)22/h3-6,8-12H,2,7H2,1H3,(H,24,27). The first-order valence-electron chi connectivity index (χ1n) is 8.38. The molecule has 140 valence electrons. The summed E-state index contributed by atoms with van der Waals surface area (Å²) in [7, 11) is 0. The van der Waals surface area contributed by atoms with Crippen molar-refractivity contribution < 1.29 is 18.0 Å². The molecule has 0 atom stereocenters. The number of nitrogens with one attached hydrogen (secondary N) is 1. The first kappa shape index (κ1) is 18.6. The normalized spacial score (nSPS) is 11.4. The van der Waals surface area contributed by atoms with E-state index in [0.29, 0.717) is 17.8 Å². The average Bonchev–Trinajstić information content (AvgIpc) is 3.05. The van der Waals surface area contributed by atoms with Crippen molar-refractivity contribution in [3.63, 3.8) is 0 Å². The summed E-state index contributed by atoms with van der Waals surface area (Å²) >= 11 is 0. The summed E-state index contributed by atoms with van der Waals surface area (Å²) in [5.74, 6) is -0.717. The topological polar surface area (TPSA) is 59.8 Å². The first-order valence-corrected chi connectivity index (χ1v) is 8.38. The maximum atomic E-state index is 12.8. The fourth-order valence-electron chi connectivity index (χ4n) is 2.55. The van der Waals surface area contributed by atoms with Crippen LogP contribution in [0.4, 0.5) is 18.9 Å². The zero-order chi connectivity index (χ0) is 19.4. The van der Waals surface area contributed by atoms with Gasteiger partial charge in [0, 0.05) is 0 Å². The number of carbonyl (C=O) groups excluding carboxylic acids is 1. The molecule has 0 saturated heterocycles. The number of aryl methyl sites for hydroxylation is 1. The van der Waals surface area contributed by atoms with Crippen LogP contribution in [0.15, 0.2) is 54.7 Å². The number of rotatable bonds is 5. The molecule has 3 rings (SSSR count). The number of aromatic nitrogens is 3. The third-order valence-electron chi connectivity index (χ3n) is 3.82. The number of pyridine rings is 1. The van der Waals surface area contributed by atoms with Crippen molar-refractivity contribution in [1.29, 1.82) is 0 Å². The zero-order valence-electron chi connectivity index (χ0n) is 14.5. The van der Waals surface area contributed by atoms with Gasteiger partial charge in [0.2, 0.25) is 0 Å². The minimum absolute atomic E-state index is 0.306. The molecule has 0 spiro atoms. The Morgan fingerprint density at radius 1 is 1.11 bits per heavy atom. The van der Waals surface area contributed by atoms with E-state index in [1.54, 1.807) is 10.9 Å². The number of para-hydroxylation sites is 1. The van der Waals surface area contributed by atoms with Gasteiger partial charge in [-0.15, -0.1) is 0 Å². The molecule has 8 heteroatoms. The summed E-state index contributed by atoms with van der Waals surface area (Å²) in [6, 6.07) is 12.6. The SMILES string of the molecule is CCCc1nn(-c2ccccc2)cc1NC(=O)c1cccc(C(F)(F)F)n1. The number of benzene rings is 1. The van der Waals surface area contributed by atoms with Crippen molar-refractivity contribution in [1.82, 2.24) is 14.8 Å². The molecule has 1 amide bonds. The molecule has 2 heterocycles. The summed E-state index contributed by atoms with van der Waals surface area (Å²) in [6.07, 6.45) is -1.55. The van der Waals surface area contributed by atoms with Crippen LogP contribution in [0.5, 0.6) is 0 Å². The van der Waals surface area contributed by atoms with Crippen LogP contribution in [0, 0.1) is 0 Å². The molecule has 5 nitrogen and oxygen atoms in total. The molecular formula is C19H17F3N4O. The summed E-state index contributed by atoms with van der Waals surface area (Å²) in [4.78, 5) is 15.8. The van der Waals surface area contributed by atoms with E-state index < -0.39 is 17.8 Å². The number of anilines is 1. The third-order valence-corrected chi connectivity index (χ3v) is 3.82. The van der Waals surface area contributed by atoms with Crippen molar-refractivity contribution in [2.24, 2.45) is 0 Å². The highest BCUT2D eigenvalue weighted by Gasteiger charge is 2.33. The molecule has 27 heavy (non-hydrogen) atoms. The van der Waals surface area contributed by atoms with Crippen molar-refractivity contribution in [3.05, 3.63) is 71.8 Å². The van der Waals surface area contributed by atoms with Gasteiger partial charge in [-0.05, 0) is 30.7 Å². The van der Waals surface area contributed by atoms with Crippen LogP contribution < -0.4 is 5.32 Å². The minimum atomic E-state index is -4.61. The molecule has 0 fully saturated rings. The van der Waals surface area contributed by atoms with Gasteiger partial charge in [-0.1, -0.05) is 37.6 Å². The van der Waals surface area contributed by atoms with Crippen LogP contribution in [0.25, 0.3) is 5.69 Å².